The number of hydrogen-bond donors (Lipinski definition) is 1. The van der Waals surface area contributed by atoms with E-state index in [-0.39, 0.29) is 5.57 Å². The van der Waals surface area contributed by atoms with Crippen LogP contribution in [0.15, 0.2) is 78.4 Å². The highest BCUT2D eigenvalue weighted by Crippen LogP contribution is 2.18. The zero-order valence-corrected chi connectivity index (χ0v) is 16.8. The molecule has 0 atom stereocenters. The fourth-order valence-electron chi connectivity index (χ4n) is 2.57. The second-order valence-electron chi connectivity index (χ2n) is 6.46. The van der Waals surface area contributed by atoms with Crippen LogP contribution in [0, 0.1) is 18.3 Å². The molecule has 0 aliphatic heterocycles. The van der Waals surface area contributed by atoms with Crippen LogP contribution < -0.4 is 10.1 Å². The highest BCUT2D eigenvalue weighted by atomic mass is 35.5. The molecule has 30 heavy (non-hydrogen) atoms. The maximum Gasteiger partial charge on any atom is 0.343 e. The van der Waals surface area contributed by atoms with E-state index in [1.54, 1.807) is 60.7 Å². The Bertz CT molecular complexity index is 1140. The number of nitrogens with one attached hydrogen (secondary N) is 1. The second kappa shape index (κ2) is 9.55. The summed E-state index contributed by atoms with van der Waals surface area (Å²) < 4.78 is 5.35. The summed E-state index contributed by atoms with van der Waals surface area (Å²) in [6, 6.07) is 22.1. The van der Waals surface area contributed by atoms with Crippen molar-refractivity contribution in [3.63, 3.8) is 0 Å². The molecule has 6 heteroatoms. The van der Waals surface area contributed by atoms with Gasteiger partial charge in [0, 0.05) is 10.7 Å². The number of rotatable bonds is 5. The van der Waals surface area contributed by atoms with E-state index in [9.17, 15) is 14.9 Å². The lowest BCUT2D eigenvalue weighted by atomic mass is 10.1. The van der Waals surface area contributed by atoms with Gasteiger partial charge in [0.25, 0.3) is 5.91 Å². The summed E-state index contributed by atoms with van der Waals surface area (Å²) in [4.78, 5) is 24.5. The summed E-state index contributed by atoms with van der Waals surface area (Å²) in [6.07, 6.45) is 1.45. The van der Waals surface area contributed by atoms with Crippen molar-refractivity contribution in [2.75, 3.05) is 5.32 Å². The van der Waals surface area contributed by atoms with E-state index in [1.165, 1.54) is 6.08 Å². The van der Waals surface area contributed by atoms with Crippen molar-refractivity contribution in [3.05, 3.63) is 100 Å². The zero-order chi connectivity index (χ0) is 21.5. The average molecular weight is 417 g/mol. The van der Waals surface area contributed by atoms with Crippen LogP contribution in [0.5, 0.6) is 5.75 Å². The molecule has 0 aliphatic carbocycles. The summed E-state index contributed by atoms with van der Waals surface area (Å²) in [5.41, 5.74) is 2.54. The van der Waals surface area contributed by atoms with Crippen LogP contribution in [0.4, 0.5) is 5.69 Å². The molecule has 0 aliphatic rings. The lowest BCUT2D eigenvalue weighted by Gasteiger charge is -2.06. The number of carbonyl (C=O) groups excluding carboxylic acids is 2. The molecule has 3 aromatic carbocycles. The largest absolute Gasteiger partial charge is 0.423 e. The molecule has 0 unspecified atom stereocenters. The standard InChI is InChI=1S/C24H17ClN2O3/c1-16-5-9-18(10-6-16)24(29)30-22-11-7-17(8-12-22)13-19(15-26)23(28)27-21-4-2-3-20(25)14-21/h2-14H,1H3,(H,27,28)/b19-13-. The SMILES string of the molecule is Cc1ccc(C(=O)Oc2ccc(/C=C(/C#N)C(=O)Nc3cccc(Cl)c3)cc2)cc1. The minimum atomic E-state index is -0.547. The molecule has 0 heterocycles. The first-order valence-corrected chi connectivity index (χ1v) is 9.40. The van der Waals surface area contributed by atoms with Gasteiger partial charge in [-0.15, -0.1) is 0 Å². The Kier molecular flexibility index (Phi) is 6.63. The van der Waals surface area contributed by atoms with Crippen LogP contribution in [-0.2, 0) is 4.79 Å². The molecule has 0 radical (unpaired) electrons. The number of anilines is 1. The Morgan fingerprint density at radius 2 is 1.73 bits per heavy atom. The van der Waals surface area contributed by atoms with Gasteiger partial charge >= 0.3 is 5.97 Å². The second-order valence-corrected chi connectivity index (χ2v) is 6.90. The molecule has 1 amide bonds. The highest BCUT2D eigenvalue weighted by molar-refractivity contribution is 6.31. The first-order chi connectivity index (χ1) is 14.4. The summed E-state index contributed by atoms with van der Waals surface area (Å²) in [5.74, 6) is -0.647. The van der Waals surface area contributed by atoms with Crippen LogP contribution in [-0.4, -0.2) is 11.9 Å². The van der Waals surface area contributed by atoms with Crippen LogP contribution in [0.3, 0.4) is 0 Å². The third kappa shape index (κ3) is 5.57. The number of nitriles is 1. The summed E-state index contributed by atoms with van der Waals surface area (Å²) in [5, 5.41) is 12.4. The summed E-state index contributed by atoms with van der Waals surface area (Å²) in [7, 11) is 0. The fraction of sp³-hybridized carbons (Fsp3) is 0.0417. The van der Waals surface area contributed by atoms with E-state index in [0.717, 1.165) is 5.56 Å². The average Bonchev–Trinajstić information content (AvgIpc) is 2.73. The number of ether oxygens (including phenoxy) is 1. The molecule has 0 fully saturated rings. The van der Waals surface area contributed by atoms with Gasteiger partial charge in [0.15, 0.2) is 0 Å². The first-order valence-electron chi connectivity index (χ1n) is 9.02. The van der Waals surface area contributed by atoms with Gasteiger partial charge in [0.2, 0.25) is 0 Å². The van der Waals surface area contributed by atoms with E-state index >= 15 is 0 Å². The van der Waals surface area contributed by atoms with Gasteiger partial charge < -0.3 is 10.1 Å². The maximum atomic E-state index is 12.3. The number of esters is 1. The van der Waals surface area contributed by atoms with E-state index in [1.807, 2.05) is 25.1 Å². The van der Waals surface area contributed by atoms with Gasteiger partial charge in [-0.1, -0.05) is 47.5 Å². The molecule has 1 N–H and O–H groups in total. The fourth-order valence-corrected chi connectivity index (χ4v) is 2.76. The smallest absolute Gasteiger partial charge is 0.343 e. The lowest BCUT2D eigenvalue weighted by molar-refractivity contribution is -0.112. The molecular formula is C24H17ClN2O3. The van der Waals surface area contributed by atoms with Gasteiger partial charge in [-0.05, 0) is 61.0 Å². The van der Waals surface area contributed by atoms with Crippen LogP contribution in [0.25, 0.3) is 6.08 Å². The summed E-state index contributed by atoms with van der Waals surface area (Å²) in [6.45, 7) is 1.94. The maximum absolute atomic E-state index is 12.3. The van der Waals surface area contributed by atoms with Gasteiger partial charge in [-0.3, -0.25) is 4.79 Å². The molecule has 0 saturated carbocycles. The van der Waals surface area contributed by atoms with Crippen LogP contribution >= 0.6 is 11.6 Å². The Labute approximate surface area is 179 Å². The third-order valence-corrected chi connectivity index (χ3v) is 4.37. The molecule has 3 rings (SSSR count). The van der Waals surface area contributed by atoms with Crippen LogP contribution in [0.2, 0.25) is 5.02 Å². The predicted molar refractivity (Wildman–Crippen MR) is 116 cm³/mol. The Hall–Kier alpha value is -3.88. The minimum absolute atomic E-state index is 0.0700. The van der Waals surface area contributed by atoms with E-state index in [2.05, 4.69) is 5.32 Å². The molecule has 0 aromatic heterocycles. The molecule has 0 bridgehead atoms. The van der Waals surface area contributed by atoms with Crippen molar-refractivity contribution >= 4 is 35.2 Å². The zero-order valence-electron chi connectivity index (χ0n) is 16.1. The molecule has 5 nitrogen and oxygen atoms in total. The number of amides is 1. The quantitative estimate of drug-likeness (QED) is 0.261. The van der Waals surface area contributed by atoms with E-state index < -0.39 is 11.9 Å². The highest BCUT2D eigenvalue weighted by Gasteiger charge is 2.11. The Balaban J connectivity index is 1.68. The van der Waals surface area contributed by atoms with Gasteiger partial charge in [0.1, 0.15) is 17.4 Å². The predicted octanol–water partition coefficient (Wildman–Crippen LogP) is 5.41. The van der Waals surface area contributed by atoms with Crippen molar-refractivity contribution in [1.29, 1.82) is 5.26 Å². The van der Waals surface area contributed by atoms with Crippen molar-refractivity contribution < 1.29 is 14.3 Å². The lowest BCUT2D eigenvalue weighted by Crippen LogP contribution is -2.13. The van der Waals surface area contributed by atoms with Crippen molar-refractivity contribution in [3.8, 4) is 11.8 Å². The van der Waals surface area contributed by atoms with Gasteiger partial charge in [-0.2, -0.15) is 5.26 Å². The first kappa shape index (κ1) is 20.8. The number of hydrogen-bond acceptors (Lipinski definition) is 4. The topological polar surface area (TPSA) is 79.2 Å². The Morgan fingerprint density at radius 3 is 2.37 bits per heavy atom. The van der Waals surface area contributed by atoms with Crippen molar-refractivity contribution in [1.82, 2.24) is 0 Å². The Morgan fingerprint density at radius 1 is 1.03 bits per heavy atom. The van der Waals surface area contributed by atoms with E-state index in [4.69, 9.17) is 16.3 Å². The number of benzene rings is 3. The minimum Gasteiger partial charge on any atom is -0.423 e. The van der Waals surface area contributed by atoms with Crippen molar-refractivity contribution in [2.24, 2.45) is 0 Å². The molecule has 0 spiro atoms. The van der Waals surface area contributed by atoms with Crippen molar-refractivity contribution in [2.45, 2.75) is 6.92 Å². The van der Waals surface area contributed by atoms with Gasteiger partial charge in [0.05, 0.1) is 5.56 Å². The van der Waals surface area contributed by atoms with Crippen LogP contribution in [0.1, 0.15) is 21.5 Å². The molecule has 148 valence electrons. The molecule has 0 saturated heterocycles. The number of halogens is 1. The normalized spacial score (nSPS) is 10.8. The number of aryl methyl sites for hydroxylation is 1. The summed E-state index contributed by atoms with van der Waals surface area (Å²) >= 11 is 5.90. The molecule has 3 aromatic rings. The number of carbonyl (C=O) groups is 2. The third-order valence-electron chi connectivity index (χ3n) is 4.14. The number of nitrogens with zero attached hydrogens (tertiary/aromatic N) is 1. The van der Waals surface area contributed by atoms with Gasteiger partial charge in [-0.25, -0.2) is 4.79 Å². The monoisotopic (exact) mass is 416 g/mol. The van der Waals surface area contributed by atoms with E-state index in [0.29, 0.717) is 27.6 Å². The molecular weight excluding hydrogens is 400 g/mol.